The first-order valence-electron chi connectivity index (χ1n) is 4.70. The molecule has 8 nitrogen and oxygen atoms in total. The predicted octanol–water partition coefficient (Wildman–Crippen LogP) is -2.53. The van der Waals surface area contributed by atoms with Gasteiger partial charge in [0, 0.05) is 0 Å². The molecule has 0 heterocycles. The molecule has 0 saturated heterocycles. The van der Waals surface area contributed by atoms with Gasteiger partial charge < -0.3 is 21.2 Å². The Bertz CT molecular complexity index is 310. The Morgan fingerprint density at radius 3 is 2.18 bits per heavy atom. The van der Waals surface area contributed by atoms with E-state index in [2.05, 4.69) is 12.6 Å². The zero-order valence-corrected chi connectivity index (χ0v) is 9.72. The largest absolute Gasteiger partial charge is 0.626 e. The average Bonchev–Trinajstić information content (AvgIpc) is 2.25. The van der Waals surface area contributed by atoms with Crippen LogP contribution in [0.3, 0.4) is 0 Å². The highest BCUT2D eigenvalue weighted by molar-refractivity contribution is 7.80. The van der Waals surface area contributed by atoms with Crippen LogP contribution in [0.4, 0.5) is 0 Å². The van der Waals surface area contributed by atoms with Crippen molar-refractivity contribution in [3.8, 4) is 0 Å². The van der Waals surface area contributed by atoms with Crippen molar-refractivity contribution in [1.82, 2.24) is 0 Å². The Morgan fingerprint density at radius 1 is 1.29 bits per heavy atom. The number of rotatable bonds is 7. The number of carboxylic acid groups (broad SMARTS) is 2. The third-order valence-corrected chi connectivity index (χ3v) is 2.44. The van der Waals surface area contributed by atoms with E-state index in [-0.39, 0.29) is 18.6 Å². The van der Waals surface area contributed by atoms with Crippen LogP contribution in [0, 0.1) is 5.21 Å². The second-order valence-electron chi connectivity index (χ2n) is 3.34. The predicted molar refractivity (Wildman–Crippen MR) is 59.5 cm³/mol. The summed E-state index contributed by atoms with van der Waals surface area (Å²) >= 11 is 3.66. The number of quaternary nitrogens is 1. The molecule has 0 aliphatic carbocycles. The first kappa shape index (κ1) is 15.8. The first-order valence-corrected chi connectivity index (χ1v) is 5.33. The van der Waals surface area contributed by atoms with Crippen LogP contribution in [0.15, 0.2) is 0 Å². The zero-order valence-electron chi connectivity index (χ0n) is 8.83. The molecular formula is C8H14N2O6S. The van der Waals surface area contributed by atoms with Crippen LogP contribution < -0.4 is 10.8 Å². The molecule has 3 atom stereocenters. The maximum atomic E-state index is 11.3. The SMILES string of the molecule is N[C@@H](CCC(=O)[NH+]([O-])[C@@H](CS)C(=O)O)C(=O)O. The molecule has 17 heavy (non-hydrogen) atoms. The molecule has 0 rings (SSSR count). The number of thiol groups is 1. The Balaban J connectivity index is 4.31. The van der Waals surface area contributed by atoms with Gasteiger partial charge >= 0.3 is 17.8 Å². The maximum absolute atomic E-state index is 11.3. The van der Waals surface area contributed by atoms with E-state index >= 15 is 0 Å². The summed E-state index contributed by atoms with van der Waals surface area (Å²) in [4.78, 5) is 32.2. The Kier molecular flexibility index (Phi) is 6.73. The van der Waals surface area contributed by atoms with Gasteiger partial charge in [-0.15, -0.1) is 0 Å². The van der Waals surface area contributed by atoms with Crippen LogP contribution in [0.25, 0.3) is 0 Å². The van der Waals surface area contributed by atoms with Gasteiger partial charge in [-0.2, -0.15) is 12.6 Å². The average molecular weight is 266 g/mol. The summed E-state index contributed by atoms with van der Waals surface area (Å²) in [5, 5.41) is 27.3. The molecule has 0 aromatic carbocycles. The Hall–Kier alpha value is -1.16. The van der Waals surface area contributed by atoms with Gasteiger partial charge in [-0.05, 0) is 6.42 Å². The van der Waals surface area contributed by atoms with E-state index in [1.165, 1.54) is 0 Å². The minimum Gasteiger partial charge on any atom is -0.626 e. The molecular weight excluding hydrogens is 252 g/mol. The fourth-order valence-corrected chi connectivity index (χ4v) is 1.32. The van der Waals surface area contributed by atoms with Gasteiger partial charge in [0.2, 0.25) is 6.04 Å². The van der Waals surface area contributed by atoms with Crippen LogP contribution in [0.5, 0.6) is 0 Å². The van der Waals surface area contributed by atoms with Gasteiger partial charge in [0.05, 0.1) is 12.2 Å². The summed E-state index contributed by atoms with van der Waals surface area (Å²) in [5.41, 5.74) is 5.14. The molecule has 98 valence electrons. The molecule has 0 aliphatic heterocycles. The number of carbonyl (C=O) groups excluding carboxylic acids is 1. The van der Waals surface area contributed by atoms with E-state index in [0.29, 0.717) is 0 Å². The molecule has 0 radical (unpaired) electrons. The lowest BCUT2D eigenvalue weighted by atomic mass is 10.1. The van der Waals surface area contributed by atoms with E-state index in [1.54, 1.807) is 0 Å². The molecule has 0 aliphatic rings. The molecule has 9 heteroatoms. The number of hydrogen-bond donors (Lipinski definition) is 5. The van der Waals surface area contributed by atoms with Gasteiger partial charge in [-0.3, -0.25) is 9.86 Å². The number of nitrogens with two attached hydrogens (primary N) is 1. The standard InChI is InChI=1S/C8H14N2O6S/c9-4(7(12)13)1-2-6(11)10(16)5(3-17)8(14)15/h4-5,10,17H,1-3,9H2,(H,12,13)(H,14,15)/t4-,5-/m0/s1. The molecule has 0 spiro atoms. The number of hydrogen-bond acceptors (Lipinski definition) is 6. The number of carboxylic acids is 2. The lowest BCUT2D eigenvalue weighted by Gasteiger charge is -2.25. The van der Waals surface area contributed by atoms with Crippen molar-refractivity contribution >= 4 is 30.5 Å². The summed E-state index contributed by atoms with van der Waals surface area (Å²) in [6.45, 7) is 0. The molecule has 0 fully saturated rings. The topological polar surface area (TPSA) is 145 Å². The fourth-order valence-electron chi connectivity index (χ4n) is 1.00. The second-order valence-corrected chi connectivity index (χ2v) is 3.71. The Morgan fingerprint density at radius 2 is 1.82 bits per heavy atom. The van der Waals surface area contributed by atoms with E-state index in [0.717, 1.165) is 0 Å². The molecule has 0 aromatic heterocycles. The highest BCUT2D eigenvalue weighted by atomic mass is 32.1. The molecule has 0 saturated carbocycles. The monoisotopic (exact) mass is 266 g/mol. The summed E-state index contributed by atoms with van der Waals surface area (Å²) in [5.74, 6) is -3.94. The van der Waals surface area contributed by atoms with Crippen molar-refractivity contribution in [3.63, 3.8) is 0 Å². The van der Waals surface area contributed by atoms with Crippen molar-refractivity contribution in [2.45, 2.75) is 24.9 Å². The highest BCUT2D eigenvalue weighted by Crippen LogP contribution is 1.94. The van der Waals surface area contributed by atoms with Crippen molar-refractivity contribution in [3.05, 3.63) is 5.21 Å². The van der Waals surface area contributed by atoms with E-state index in [4.69, 9.17) is 15.9 Å². The zero-order chi connectivity index (χ0) is 13.6. The number of amides is 1. The van der Waals surface area contributed by atoms with Gasteiger partial charge in [-0.25, -0.2) is 9.59 Å². The van der Waals surface area contributed by atoms with Gasteiger partial charge in [-0.1, -0.05) is 0 Å². The van der Waals surface area contributed by atoms with E-state index < -0.39 is 35.0 Å². The first-order chi connectivity index (χ1) is 7.81. The van der Waals surface area contributed by atoms with E-state index in [1.807, 2.05) is 0 Å². The van der Waals surface area contributed by atoms with Gasteiger partial charge in [0.25, 0.3) is 0 Å². The van der Waals surface area contributed by atoms with Gasteiger partial charge in [0.1, 0.15) is 6.04 Å². The summed E-state index contributed by atoms with van der Waals surface area (Å²) in [6.07, 6.45) is -0.595. The summed E-state index contributed by atoms with van der Waals surface area (Å²) < 4.78 is 0. The number of nitrogens with one attached hydrogen (secondary N) is 1. The van der Waals surface area contributed by atoms with E-state index in [9.17, 15) is 19.6 Å². The highest BCUT2D eigenvalue weighted by Gasteiger charge is 2.28. The van der Waals surface area contributed by atoms with Crippen molar-refractivity contribution < 1.29 is 29.7 Å². The molecule has 0 aromatic rings. The van der Waals surface area contributed by atoms with Crippen LogP contribution >= 0.6 is 12.6 Å². The van der Waals surface area contributed by atoms with Crippen molar-refractivity contribution in [1.29, 1.82) is 0 Å². The van der Waals surface area contributed by atoms with Crippen LogP contribution in [0.2, 0.25) is 0 Å². The lowest BCUT2D eigenvalue weighted by Crippen LogP contribution is -3.15. The summed E-state index contributed by atoms with van der Waals surface area (Å²) in [6, 6.07) is -2.74. The number of hydroxylamine groups is 2. The minimum absolute atomic E-state index is 0.210. The third kappa shape index (κ3) is 5.13. The van der Waals surface area contributed by atoms with Crippen LogP contribution in [-0.4, -0.2) is 45.9 Å². The normalized spacial score (nSPS) is 15.9. The smallest absolute Gasteiger partial charge is 0.364 e. The fraction of sp³-hybridized carbons (Fsp3) is 0.625. The summed E-state index contributed by atoms with van der Waals surface area (Å²) in [7, 11) is 0. The lowest BCUT2D eigenvalue weighted by molar-refractivity contribution is -0.782. The molecule has 5 N–H and O–H groups in total. The quantitative estimate of drug-likeness (QED) is 0.252. The van der Waals surface area contributed by atoms with Crippen LogP contribution in [0.1, 0.15) is 12.8 Å². The Labute approximate surface area is 102 Å². The van der Waals surface area contributed by atoms with Crippen molar-refractivity contribution in [2.75, 3.05) is 5.75 Å². The van der Waals surface area contributed by atoms with Gasteiger partial charge in [0.15, 0.2) is 0 Å². The van der Waals surface area contributed by atoms with Crippen LogP contribution in [-0.2, 0) is 14.4 Å². The molecule has 1 amide bonds. The number of aliphatic carboxylic acids is 2. The molecule has 1 unspecified atom stereocenters. The number of carbonyl (C=O) groups is 3. The maximum Gasteiger partial charge on any atom is 0.364 e. The minimum atomic E-state index is -1.49. The van der Waals surface area contributed by atoms with Crippen molar-refractivity contribution in [2.24, 2.45) is 5.73 Å². The molecule has 0 bridgehead atoms. The third-order valence-electron chi connectivity index (χ3n) is 2.07. The second kappa shape index (κ2) is 7.22.